The molecular formula is C10H13F3N2O2. The van der Waals surface area contributed by atoms with Crippen LogP contribution in [0, 0.1) is 5.92 Å². The number of nitrogens with one attached hydrogen (secondary N) is 2. The van der Waals surface area contributed by atoms with Gasteiger partial charge in [0.1, 0.15) is 6.04 Å². The fourth-order valence-electron chi connectivity index (χ4n) is 2.44. The highest BCUT2D eigenvalue weighted by Crippen LogP contribution is 2.38. The third kappa shape index (κ3) is 2.71. The second kappa shape index (κ2) is 4.21. The molecule has 0 spiro atoms. The van der Waals surface area contributed by atoms with E-state index in [9.17, 15) is 18.0 Å². The average Bonchev–Trinajstić information content (AvgIpc) is 2.57. The van der Waals surface area contributed by atoms with Gasteiger partial charge in [0.2, 0.25) is 0 Å². The number of halogens is 3. The van der Waals surface area contributed by atoms with Gasteiger partial charge in [0.25, 0.3) is 0 Å². The molecule has 0 bridgehead atoms. The number of hydrogen-bond donors (Lipinski definition) is 3. The molecule has 1 aliphatic carbocycles. The summed E-state index contributed by atoms with van der Waals surface area (Å²) in [5.74, 6) is -1.56. The van der Waals surface area contributed by atoms with Gasteiger partial charge in [0, 0.05) is 12.1 Å². The minimum absolute atomic E-state index is 0.200. The lowest BCUT2D eigenvalue weighted by molar-refractivity contribution is -0.145. The third-order valence-electron chi connectivity index (χ3n) is 3.18. The zero-order valence-electron chi connectivity index (χ0n) is 8.97. The number of hydrazine groups is 1. The maximum atomic E-state index is 12.3. The van der Waals surface area contributed by atoms with Gasteiger partial charge in [-0.3, -0.25) is 4.79 Å². The zero-order chi connectivity index (χ0) is 12.6. The van der Waals surface area contributed by atoms with Gasteiger partial charge in [-0.15, -0.1) is 0 Å². The molecule has 4 nitrogen and oxygen atoms in total. The second-order valence-corrected chi connectivity index (χ2v) is 4.47. The first-order chi connectivity index (χ1) is 7.87. The van der Waals surface area contributed by atoms with Gasteiger partial charge in [0.15, 0.2) is 0 Å². The maximum absolute atomic E-state index is 12.3. The first-order valence-corrected chi connectivity index (χ1v) is 5.40. The Morgan fingerprint density at radius 1 is 1.47 bits per heavy atom. The number of hydrogen-bond acceptors (Lipinski definition) is 3. The van der Waals surface area contributed by atoms with E-state index >= 15 is 0 Å². The van der Waals surface area contributed by atoms with Crippen LogP contribution in [-0.4, -0.2) is 23.3 Å². The van der Waals surface area contributed by atoms with Gasteiger partial charge in [-0.05, 0) is 30.8 Å². The standard InChI is InChI=1S/C10H13F3N2O2/c11-10(12,13)4-5-1-2-7-6(3-5)8(9(16)17)15-14-7/h5,8,14-15H,1-4H2,(H,16,17). The van der Waals surface area contributed by atoms with Crippen molar-refractivity contribution in [2.75, 3.05) is 0 Å². The smallest absolute Gasteiger partial charge is 0.389 e. The molecule has 0 aromatic heterocycles. The van der Waals surface area contributed by atoms with Crippen molar-refractivity contribution >= 4 is 5.97 Å². The summed E-state index contributed by atoms with van der Waals surface area (Å²) < 4.78 is 36.8. The Kier molecular flexibility index (Phi) is 3.03. The van der Waals surface area contributed by atoms with Gasteiger partial charge in [-0.1, -0.05) is 0 Å². The lowest BCUT2D eigenvalue weighted by Crippen LogP contribution is -2.38. The van der Waals surface area contributed by atoms with E-state index in [0.29, 0.717) is 18.4 Å². The Hall–Kier alpha value is -1.24. The number of allylic oxidation sites excluding steroid dienone is 1. The molecule has 3 N–H and O–H groups in total. The van der Waals surface area contributed by atoms with Crippen molar-refractivity contribution in [3.63, 3.8) is 0 Å². The fourth-order valence-corrected chi connectivity index (χ4v) is 2.44. The molecule has 0 saturated carbocycles. The number of alkyl halides is 3. The summed E-state index contributed by atoms with van der Waals surface area (Å²) in [5, 5.41) is 8.91. The van der Waals surface area contributed by atoms with E-state index in [1.165, 1.54) is 0 Å². The lowest BCUT2D eigenvalue weighted by atomic mass is 9.83. The second-order valence-electron chi connectivity index (χ2n) is 4.47. The number of rotatable bonds is 2. The Balaban J connectivity index is 2.06. The number of aliphatic carboxylic acids is 1. The molecule has 17 heavy (non-hydrogen) atoms. The van der Waals surface area contributed by atoms with Crippen LogP contribution in [0.1, 0.15) is 25.7 Å². The Bertz CT molecular complexity index is 365. The molecule has 0 aromatic rings. The molecule has 0 saturated heterocycles. The normalized spacial score (nSPS) is 28.9. The maximum Gasteiger partial charge on any atom is 0.389 e. The van der Waals surface area contributed by atoms with Crippen LogP contribution in [0.15, 0.2) is 11.3 Å². The molecule has 96 valence electrons. The SMILES string of the molecule is O=C(O)C1NNC2=C1CC(CC(F)(F)F)CC2. The van der Waals surface area contributed by atoms with Crippen molar-refractivity contribution in [1.82, 2.24) is 10.9 Å². The molecule has 1 aliphatic heterocycles. The Labute approximate surface area is 95.8 Å². The van der Waals surface area contributed by atoms with E-state index in [4.69, 9.17) is 5.11 Å². The van der Waals surface area contributed by atoms with Crippen LogP contribution in [0.4, 0.5) is 13.2 Å². The topological polar surface area (TPSA) is 61.4 Å². The average molecular weight is 250 g/mol. The van der Waals surface area contributed by atoms with Gasteiger partial charge in [-0.25, -0.2) is 5.43 Å². The van der Waals surface area contributed by atoms with Crippen LogP contribution >= 0.6 is 0 Å². The molecule has 2 atom stereocenters. The highest BCUT2D eigenvalue weighted by molar-refractivity contribution is 5.78. The zero-order valence-corrected chi connectivity index (χ0v) is 8.97. The Morgan fingerprint density at radius 3 is 2.76 bits per heavy atom. The molecule has 7 heteroatoms. The number of carboxylic acids is 1. The van der Waals surface area contributed by atoms with Crippen molar-refractivity contribution < 1.29 is 23.1 Å². The highest BCUT2D eigenvalue weighted by atomic mass is 19.4. The van der Waals surface area contributed by atoms with Gasteiger partial charge >= 0.3 is 12.1 Å². The molecule has 2 unspecified atom stereocenters. The van der Waals surface area contributed by atoms with Crippen molar-refractivity contribution in [2.24, 2.45) is 5.92 Å². The van der Waals surface area contributed by atoms with Crippen LogP contribution in [-0.2, 0) is 4.79 Å². The molecule has 0 radical (unpaired) electrons. The molecular weight excluding hydrogens is 237 g/mol. The van der Waals surface area contributed by atoms with Crippen LogP contribution < -0.4 is 10.9 Å². The predicted molar refractivity (Wildman–Crippen MR) is 52.7 cm³/mol. The summed E-state index contributed by atoms with van der Waals surface area (Å²) in [6.45, 7) is 0. The van der Waals surface area contributed by atoms with Crippen molar-refractivity contribution in [2.45, 2.75) is 37.9 Å². The molecule has 1 heterocycles. The third-order valence-corrected chi connectivity index (χ3v) is 3.18. The first-order valence-electron chi connectivity index (χ1n) is 5.40. The van der Waals surface area contributed by atoms with Crippen molar-refractivity contribution in [1.29, 1.82) is 0 Å². The summed E-state index contributed by atoms with van der Waals surface area (Å²) in [5.41, 5.74) is 6.63. The van der Waals surface area contributed by atoms with Crippen LogP contribution in [0.5, 0.6) is 0 Å². The summed E-state index contributed by atoms with van der Waals surface area (Å²) in [6.07, 6.45) is -3.89. The van der Waals surface area contributed by atoms with Gasteiger partial charge < -0.3 is 10.5 Å². The number of carboxylic acid groups (broad SMARTS) is 1. The molecule has 0 amide bonds. The van der Waals surface area contributed by atoms with E-state index in [1.54, 1.807) is 0 Å². The van der Waals surface area contributed by atoms with Crippen molar-refractivity contribution in [3.05, 3.63) is 11.3 Å². The first kappa shape index (κ1) is 12.2. The van der Waals surface area contributed by atoms with Crippen LogP contribution in [0.3, 0.4) is 0 Å². The Morgan fingerprint density at radius 2 is 2.18 bits per heavy atom. The molecule has 0 fully saturated rings. The van der Waals surface area contributed by atoms with E-state index in [0.717, 1.165) is 5.70 Å². The van der Waals surface area contributed by atoms with E-state index in [1.807, 2.05) is 0 Å². The van der Waals surface area contributed by atoms with E-state index < -0.39 is 30.5 Å². The highest BCUT2D eigenvalue weighted by Gasteiger charge is 2.39. The van der Waals surface area contributed by atoms with E-state index in [2.05, 4.69) is 10.9 Å². The fraction of sp³-hybridized carbons (Fsp3) is 0.700. The van der Waals surface area contributed by atoms with Gasteiger partial charge in [-0.2, -0.15) is 13.2 Å². The summed E-state index contributed by atoms with van der Waals surface area (Å²) in [4.78, 5) is 10.9. The van der Waals surface area contributed by atoms with Crippen LogP contribution in [0.25, 0.3) is 0 Å². The quantitative estimate of drug-likeness (QED) is 0.696. The van der Waals surface area contributed by atoms with Crippen LogP contribution in [0.2, 0.25) is 0 Å². The molecule has 2 aliphatic rings. The van der Waals surface area contributed by atoms with E-state index in [-0.39, 0.29) is 6.42 Å². The summed E-state index contributed by atoms with van der Waals surface area (Å²) in [6, 6.07) is -0.888. The summed E-state index contributed by atoms with van der Waals surface area (Å²) in [7, 11) is 0. The molecule has 2 rings (SSSR count). The monoisotopic (exact) mass is 250 g/mol. The minimum atomic E-state index is -4.18. The minimum Gasteiger partial charge on any atom is -0.480 e. The van der Waals surface area contributed by atoms with Gasteiger partial charge in [0.05, 0.1) is 0 Å². The lowest BCUT2D eigenvalue weighted by Gasteiger charge is -2.24. The van der Waals surface area contributed by atoms with Crippen molar-refractivity contribution in [3.8, 4) is 0 Å². The largest absolute Gasteiger partial charge is 0.480 e. The summed E-state index contributed by atoms with van der Waals surface area (Å²) >= 11 is 0. The predicted octanol–water partition coefficient (Wildman–Crippen LogP) is 1.55. The molecule has 0 aromatic carbocycles. The number of carbonyl (C=O) groups is 1.